The second-order valence-corrected chi connectivity index (χ2v) is 7.36. The molecular formula is C15H20F3NO2S. The minimum Gasteiger partial charge on any atom is -0.392 e. The molecule has 0 aromatic carbocycles. The van der Waals surface area contributed by atoms with Crippen LogP contribution in [0.5, 0.6) is 0 Å². The number of hydrogen-bond donors (Lipinski definition) is 2. The molecule has 2 aliphatic heterocycles. The average molecular weight is 335 g/mol. The second kappa shape index (κ2) is 5.47. The number of fused-ring (bicyclic) bond motifs is 2. The third-order valence-electron chi connectivity index (χ3n) is 4.52. The Bertz CT molecular complexity index is 560. The molecule has 0 unspecified atom stereocenters. The third-order valence-corrected chi connectivity index (χ3v) is 6.02. The molecule has 1 spiro atoms. The van der Waals surface area contributed by atoms with E-state index in [0.717, 1.165) is 11.3 Å². The van der Waals surface area contributed by atoms with E-state index in [0.29, 0.717) is 36.3 Å². The fourth-order valence-corrected chi connectivity index (χ4v) is 5.31. The van der Waals surface area contributed by atoms with E-state index in [1.807, 2.05) is 13.8 Å². The van der Waals surface area contributed by atoms with Crippen molar-refractivity contribution in [3.8, 4) is 0 Å². The third kappa shape index (κ3) is 2.58. The maximum atomic E-state index is 13.3. The number of halogens is 3. The van der Waals surface area contributed by atoms with Crippen LogP contribution in [0.15, 0.2) is 0 Å². The smallest absolute Gasteiger partial charge is 0.392 e. The van der Waals surface area contributed by atoms with Crippen molar-refractivity contribution in [1.29, 1.82) is 0 Å². The summed E-state index contributed by atoms with van der Waals surface area (Å²) in [5.74, 6) is 0. The maximum absolute atomic E-state index is 13.3. The molecule has 0 aliphatic carbocycles. The van der Waals surface area contributed by atoms with E-state index in [1.165, 1.54) is 0 Å². The summed E-state index contributed by atoms with van der Waals surface area (Å²) in [5, 5.41) is 12.9. The Hall–Kier alpha value is -0.630. The summed E-state index contributed by atoms with van der Waals surface area (Å²) in [6, 6.07) is 0.368. The van der Waals surface area contributed by atoms with Crippen LogP contribution in [-0.2, 0) is 29.5 Å². The molecule has 0 bridgehead atoms. The summed E-state index contributed by atoms with van der Waals surface area (Å²) in [4.78, 5) is 0.0130. The predicted molar refractivity (Wildman–Crippen MR) is 77.9 cm³/mol. The molecule has 1 fully saturated rings. The van der Waals surface area contributed by atoms with E-state index >= 15 is 0 Å². The first-order valence-corrected chi connectivity index (χ1v) is 8.31. The van der Waals surface area contributed by atoms with Crippen LogP contribution in [0.25, 0.3) is 0 Å². The summed E-state index contributed by atoms with van der Waals surface area (Å²) in [6.07, 6.45) is -2.67. The van der Waals surface area contributed by atoms with Gasteiger partial charge in [-0.15, -0.1) is 11.3 Å². The molecule has 3 heterocycles. The zero-order valence-corrected chi connectivity index (χ0v) is 13.4. The van der Waals surface area contributed by atoms with Gasteiger partial charge in [-0.1, -0.05) is 0 Å². The molecule has 1 aromatic heterocycles. The lowest BCUT2D eigenvalue weighted by molar-refractivity contribution is -0.135. The molecule has 7 heteroatoms. The van der Waals surface area contributed by atoms with Gasteiger partial charge in [0.15, 0.2) is 0 Å². The second-order valence-electron chi connectivity index (χ2n) is 6.34. The largest absolute Gasteiger partial charge is 0.425 e. The Morgan fingerprint density at radius 1 is 1.32 bits per heavy atom. The van der Waals surface area contributed by atoms with Crippen LogP contribution in [-0.4, -0.2) is 23.8 Å². The van der Waals surface area contributed by atoms with Crippen molar-refractivity contribution in [1.82, 2.24) is 5.32 Å². The lowest BCUT2D eigenvalue weighted by Gasteiger charge is -2.45. The molecule has 22 heavy (non-hydrogen) atoms. The van der Waals surface area contributed by atoms with Crippen molar-refractivity contribution >= 4 is 11.3 Å². The van der Waals surface area contributed by atoms with Crippen LogP contribution in [0.3, 0.4) is 0 Å². The number of alkyl halides is 3. The first kappa shape index (κ1) is 16.2. The van der Waals surface area contributed by atoms with Crippen LogP contribution in [0.4, 0.5) is 13.2 Å². The molecule has 0 amide bonds. The quantitative estimate of drug-likeness (QED) is 0.828. The highest BCUT2D eigenvalue weighted by Gasteiger charge is 2.48. The SMILES string of the molecule is C[C@@H]1C[C@]2(C[C@H](C)N1)OCCc1c2sc(C(F)(F)F)c1CO. The molecule has 3 rings (SSSR count). The van der Waals surface area contributed by atoms with Crippen LogP contribution in [0, 0.1) is 0 Å². The molecule has 3 nitrogen and oxygen atoms in total. The number of aliphatic hydroxyl groups excluding tert-OH is 1. The average Bonchev–Trinajstić information content (AvgIpc) is 2.77. The summed E-state index contributed by atoms with van der Waals surface area (Å²) in [5.41, 5.74) is 0.0665. The number of hydrogen-bond acceptors (Lipinski definition) is 4. The zero-order valence-electron chi connectivity index (χ0n) is 12.6. The topological polar surface area (TPSA) is 41.5 Å². The van der Waals surface area contributed by atoms with Gasteiger partial charge in [0.1, 0.15) is 10.5 Å². The van der Waals surface area contributed by atoms with Gasteiger partial charge in [-0.2, -0.15) is 13.2 Å². The molecule has 2 aliphatic rings. The highest BCUT2D eigenvalue weighted by molar-refractivity contribution is 7.12. The van der Waals surface area contributed by atoms with Gasteiger partial charge in [-0.3, -0.25) is 0 Å². The Kier molecular flexibility index (Phi) is 4.04. The van der Waals surface area contributed by atoms with Gasteiger partial charge in [0, 0.05) is 22.5 Å². The van der Waals surface area contributed by atoms with Crippen LogP contribution in [0.1, 0.15) is 47.6 Å². The Morgan fingerprint density at radius 3 is 2.50 bits per heavy atom. The summed E-state index contributed by atoms with van der Waals surface area (Å²) in [6.45, 7) is 3.90. The van der Waals surface area contributed by atoms with Crippen molar-refractivity contribution in [2.45, 2.75) is 63.6 Å². The monoisotopic (exact) mass is 335 g/mol. The van der Waals surface area contributed by atoms with Gasteiger partial charge < -0.3 is 15.2 Å². The summed E-state index contributed by atoms with van der Waals surface area (Å²) in [7, 11) is 0. The Balaban J connectivity index is 2.12. The van der Waals surface area contributed by atoms with Gasteiger partial charge in [0.25, 0.3) is 0 Å². The molecule has 0 saturated carbocycles. The van der Waals surface area contributed by atoms with Crippen molar-refractivity contribution in [3.63, 3.8) is 0 Å². The summed E-state index contributed by atoms with van der Waals surface area (Å²) < 4.78 is 45.9. The highest BCUT2D eigenvalue weighted by atomic mass is 32.1. The number of ether oxygens (including phenoxy) is 1. The molecule has 0 radical (unpaired) electrons. The van der Waals surface area contributed by atoms with Crippen LogP contribution < -0.4 is 5.32 Å². The van der Waals surface area contributed by atoms with Crippen molar-refractivity contribution in [2.24, 2.45) is 0 Å². The van der Waals surface area contributed by atoms with E-state index in [-0.39, 0.29) is 17.6 Å². The number of nitrogens with one attached hydrogen (secondary N) is 1. The number of aliphatic hydroxyl groups is 1. The molecule has 124 valence electrons. The molecule has 2 N–H and O–H groups in total. The van der Waals surface area contributed by atoms with E-state index in [4.69, 9.17) is 4.74 Å². The van der Waals surface area contributed by atoms with Crippen molar-refractivity contribution in [3.05, 3.63) is 20.9 Å². The normalized spacial score (nSPS) is 32.3. The van der Waals surface area contributed by atoms with Gasteiger partial charge in [0.2, 0.25) is 0 Å². The molecule has 3 atom stereocenters. The zero-order chi connectivity index (χ0) is 16.1. The maximum Gasteiger partial charge on any atom is 0.425 e. The number of rotatable bonds is 1. The first-order valence-electron chi connectivity index (χ1n) is 7.50. The van der Waals surface area contributed by atoms with E-state index in [1.54, 1.807) is 0 Å². The van der Waals surface area contributed by atoms with E-state index < -0.39 is 23.3 Å². The lowest BCUT2D eigenvalue weighted by atomic mass is 9.79. The molecular weight excluding hydrogens is 315 g/mol. The van der Waals surface area contributed by atoms with E-state index in [2.05, 4.69) is 5.32 Å². The van der Waals surface area contributed by atoms with Crippen LogP contribution in [0.2, 0.25) is 0 Å². The van der Waals surface area contributed by atoms with Gasteiger partial charge in [-0.25, -0.2) is 0 Å². The minimum atomic E-state index is -4.43. The lowest BCUT2D eigenvalue weighted by Crippen LogP contribution is -2.52. The van der Waals surface area contributed by atoms with Crippen LogP contribution >= 0.6 is 11.3 Å². The standard InChI is InChI=1S/C15H20F3NO2S/c1-8-5-14(6-9(2)19-8)12-10(3-4-21-14)11(7-20)13(22-12)15(16,17)18/h8-9,19-20H,3-7H2,1-2H3/t8-,9+,14-. The number of thiophene rings is 1. The summed E-state index contributed by atoms with van der Waals surface area (Å²) >= 11 is 0.765. The molecule has 1 saturated heterocycles. The molecule has 1 aromatic rings. The first-order chi connectivity index (χ1) is 10.3. The van der Waals surface area contributed by atoms with Gasteiger partial charge in [-0.05, 0) is 38.7 Å². The predicted octanol–water partition coefficient (Wildman–Crippen LogP) is 3.19. The highest BCUT2D eigenvalue weighted by Crippen LogP contribution is 2.51. The fourth-order valence-electron chi connectivity index (χ4n) is 3.92. The van der Waals surface area contributed by atoms with Gasteiger partial charge in [0.05, 0.1) is 13.2 Å². The fraction of sp³-hybridized carbons (Fsp3) is 0.733. The van der Waals surface area contributed by atoms with E-state index in [9.17, 15) is 18.3 Å². The Labute approximate surface area is 131 Å². The van der Waals surface area contributed by atoms with Crippen molar-refractivity contribution < 1.29 is 23.0 Å². The van der Waals surface area contributed by atoms with Crippen molar-refractivity contribution in [2.75, 3.05) is 6.61 Å². The minimum absolute atomic E-state index is 0.0500. The Morgan fingerprint density at radius 2 is 1.95 bits per heavy atom. The van der Waals surface area contributed by atoms with Gasteiger partial charge >= 0.3 is 6.18 Å². The number of piperidine rings is 1.